The highest BCUT2D eigenvalue weighted by molar-refractivity contribution is 5.94. The average molecular weight is 230 g/mol. The number of fused-ring (bicyclic) bond motifs is 1. The Morgan fingerprint density at radius 3 is 2.35 bits per heavy atom. The third-order valence-electron chi connectivity index (χ3n) is 4.39. The molecule has 0 N–H and O–H groups in total. The second-order valence-corrected chi connectivity index (χ2v) is 5.76. The summed E-state index contributed by atoms with van der Waals surface area (Å²) in [5.74, 6) is 0. The van der Waals surface area contributed by atoms with E-state index in [4.69, 9.17) is 0 Å². The number of rotatable bonds is 2. The molecule has 1 aromatic carbocycles. The monoisotopic (exact) mass is 230 g/mol. The quantitative estimate of drug-likeness (QED) is 0.673. The lowest BCUT2D eigenvalue weighted by Crippen LogP contribution is -2.27. The second-order valence-electron chi connectivity index (χ2n) is 5.76. The zero-order valence-electron chi connectivity index (χ0n) is 12.0. The standard InChI is InChI=1S/C16H24N/c1-7-10-17-13(4)16(5,6)15-12(3)11(2)8-9-14(15)17/h8-9H,7,10H2,1-6H3/q+1. The van der Waals surface area contributed by atoms with E-state index in [-0.39, 0.29) is 5.41 Å². The zero-order chi connectivity index (χ0) is 12.8. The molecule has 1 aliphatic rings. The highest BCUT2D eigenvalue weighted by Crippen LogP contribution is 2.42. The SMILES string of the molecule is CCC[N+]1=C(C)C(C)(C)c2c1ccc(C)c2C. The number of hydrogen-bond acceptors (Lipinski definition) is 0. The van der Waals surface area contributed by atoms with E-state index in [1.165, 1.54) is 34.5 Å². The van der Waals surface area contributed by atoms with Crippen molar-refractivity contribution in [3.63, 3.8) is 0 Å². The summed E-state index contributed by atoms with van der Waals surface area (Å²) >= 11 is 0. The summed E-state index contributed by atoms with van der Waals surface area (Å²) in [5.41, 5.74) is 7.50. The molecule has 0 amide bonds. The van der Waals surface area contributed by atoms with Gasteiger partial charge >= 0.3 is 0 Å². The van der Waals surface area contributed by atoms with Gasteiger partial charge in [-0.2, -0.15) is 4.58 Å². The van der Waals surface area contributed by atoms with Crippen LogP contribution in [0.1, 0.15) is 50.8 Å². The van der Waals surface area contributed by atoms with Gasteiger partial charge in [0.1, 0.15) is 6.54 Å². The fraction of sp³-hybridized carbons (Fsp3) is 0.562. The summed E-state index contributed by atoms with van der Waals surface area (Å²) in [4.78, 5) is 0. The number of nitrogens with zero attached hydrogens (tertiary/aromatic N) is 1. The Labute approximate surface area is 105 Å². The van der Waals surface area contributed by atoms with Crippen LogP contribution in [0.2, 0.25) is 0 Å². The van der Waals surface area contributed by atoms with Crippen molar-refractivity contribution in [2.24, 2.45) is 0 Å². The molecule has 0 unspecified atom stereocenters. The van der Waals surface area contributed by atoms with E-state index in [1.807, 2.05) is 0 Å². The molecule has 1 heteroatoms. The normalized spacial score (nSPS) is 17.5. The molecule has 1 nitrogen and oxygen atoms in total. The highest BCUT2D eigenvalue weighted by Gasteiger charge is 2.43. The third kappa shape index (κ3) is 1.64. The van der Waals surface area contributed by atoms with Gasteiger partial charge in [0.05, 0.1) is 5.41 Å². The van der Waals surface area contributed by atoms with Gasteiger partial charge in [0, 0.05) is 25.0 Å². The van der Waals surface area contributed by atoms with Crippen LogP contribution >= 0.6 is 0 Å². The van der Waals surface area contributed by atoms with Gasteiger partial charge in [-0.15, -0.1) is 0 Å². The molecule has 17 heavy (non-hydrogen) atoms. The lowest BCUT2D eigenvalue weighted by atomic mass is 9.79. The molecule has 2 rings (SSSR count). The molecule has 1 aromatic rings. The number of aryl methyl sites for hydroxylation is 1. The Balaban J connectivity index is 2.70. The van der Waals surface area contributed by atoms with Gasteiger partial charge in [0.2, 0.25) is 5.69 Å². The van der Waals surface area contributed by atoms with Crippen molar-refractivity contribution in [2.45, 2.75) is 53.4 Å². The molecule has 0 saturated carbocycles. The first-order valence-electron chi connectivity index (χ1n) is 6.63. The second kappa shape index (κ2) is 3.97. The summed E-state index contributed by atoms with van der Waals surface area (Å²) in [6, 6.07) is 4.55. The van der Waals surface area contributed by atoms with Crippen molar-refractivity contribution in [1.29, 1.82) is 0 Å². The van der Waals surface area contributed by atoms with Gasteiger partial charge in [-0.25, -0.2) is 0 Å². The maximum atomic E-state index is 2.50. The van der Waals surface area contributed by atoms with Gasteiger partial charge in [-0.1, -0.05) is 13.0 Å². The van der Waals surface area contributed by atoms with Crippen molar-refractivity contribution in [3.05, 3.63) is 28.8 Å². The Kier molecular flexibility index (Phi) is 2.89. The predicted molar refractivity (Wildman–Crippen MR) is 74.7 cm³/mol. The average Bonchev–Trinajstić information content (AvgIpc) is 2.45. The Morgan fingerprint density at radius 2 is 1.76 bits per heavy atom. The molecule has 0 bridgehead atoms. The first-order chi connectivity index (χ1) is 7.91. The van der Waals surface area contributed by atoms with E-state index in [9.17, 15) is 0 Å². The topological polar surface area (TPSA) is 3.01 Å². The zero-order valence-corrected chi connectivity index (χ0v) is 12.0. The molecule has 92 valence electrons. The van der Waals surface area contributed by atoms with Crippen LogP contribution in [0.5, 0.6) is 0 Å². The van der Waals surface area contributed by atoms with E-state index in [1.54, 1.807) is 0 Å². The van der Waals surface area contributed by atoms with Crippen molar-refractivity contribution in [2.75, 3.05) is 6.54 Å². The molecule has 1 aliphatic heterocycles. The van der Waals surface area contributed by atoms with E-state index < -0.39 is 0 Å². The van der Waals surface area contributed by atoms with E-state index in [2.05, 4.69) is 58.3 Å². The molecule has 1 heterocycles. The minimum Gasteiger partial charge on any atom is -0.199 e. The molecule has 0 radical (unpaired) electrons. The lowest BCUT2D eigenvalue weighted by Gasteiger charge is -2.18. The van der Waals surface area contributed by atoms with Gasteiger partial charge in [-0.3, -0.25) is 0 Å². The highest BCUT2D eigenvalue weighted by atomic mass is 15.1. The van der Waals surface area contributed by atoms with Crippen molar-refractivity contribution in [3.8, 4) is 0 Å². The fourth-order valence-electron chi connectivity index (χ4n) is 3.03. The minimum atomic E-state index is 0.181. The van der Waals surface area contributed by atoms with Crippen molar-refractivity contribution < 1.29 is 4.58 Å². The molecule has 0 aromatic heterocycles. The first-order valence-corrected chi connectivity index (χ1v) is 6.63. The van der Waals surface area contributed by atoms with Gasteiger partial charge in [0.25, 0.3) is 0 Å². The molecule has 0 fully saturated rings. The molecular weight excluding hydrogens is 206 g/mol. The van der Waals surface area contributed by atoms with Crippen molar-refractivity contribution >= 4 is 11.4 Å². The van der Waals surface area contributed by atoms with E-state index in [0.717, 1.165) is 6.54 Å². The van der Waals surface area contributed by atoms with Crippen LogP contribution in [0.4, 0.5) is 5.69 Å². The summed E-state index contributed by atoms with van der Waals surface area (Å²) in [7, 11) is 0. The number of benzene rings is 1. The molecule has 0 atom stereocenters. The van der Waals surface area contributed by atoms with Crippen LogP contribution in [0.3, 0.4) is 0 Å². The lowest BCUT2D eigenvalue weighted by molar-refractivity contribution is -0.438. The van der Waals surface area contributed by atoms with Crippen LogP contribution in [0.15, 0.2) is 12.1 Å². The van der Waals surface area contributed by atoms with Crippen LogP contribution in [0, 0.1) is 13.8 Å². The number of hydrogen-bond donors (Lipinski definition) is 0. The molecular formula is C16H24N+. The van der Waals surface area contributed by atoms with Gasteiger partial charge in [-0.05, 0) is 38.8 Å². The third-order valence-corrected chi connectivity index (χ3v) is 4.39. The molecule has 0 saturated heterocycles. The summed E-state index contributed by atoms with van der Waals surface area (Å²) in [6.45, 7) is 14.8. The van der Waals surface area contributed by atoms with Crippen LogP contribution in [-0.2, 0) is 5.41 Å². The Morgan fingerprint density at radius 1 is 1.12 bits per heavy atom. The molecule has 0 aliphatic carbocycles. The smallest absolute Gasteiger partial charge is 0.199 e. The largest absolute Gasteiger partial charge is 0.209 e. The predicted octanol–water partition coefficient (Wildman–Crippen LogP) is 4.11. The first kappa shape index (κ1) is 12.3. The van der Waals surface area contributed by atoms with Gasteiger partial charge < -0.3 is 0 Å². The van der Waals surface area contributed by atoms with Crippen LogP contribution in [0.25, 0.3) is 0 Å². The fourth-order valence-corrected chi connectivity index (χ4v) is 3.03. The molecule has 0 spiro atoms. The van der Waals surface area contributed by atoms with Crippen LogP contribution < -0.4 is 0 Å². The maximum Gasteiger partial charge on any atom is 0.209 e. The summed E-state index contributed by atoms with van der Waals surface area (Å²) in [6.07, 6.45) is 1.19. The van der Waals surface area contributed by atoms with Gasteiger partial charge in [0.15, 0.2) is 5.71 Å². The van der Waals surface area contributed by atoms with E-state index >= 15 is 0 Å². The summed E-state index contributed by atoms with van der Waals surface area (Å²) < 4.78 is 2.50. The van der Waals surface area contributed by atoms with Crippen molar-refractivity contribution in [1.82, 2.24) is 0 Å². The summed E-state index contributed by atoms with van der Waals surface area (Å²) in [5, 5.41) is 0. The van der Waals surface area contributed by atoms with Crippen LogP contribution in [-0.4, -0.2) is 16.8 Å². The minimum absolute atomic E-state index is 0.181. The Hall–Kier alpha value is -1.11. The van der Waals surface area contributed by atoms with E-state index in [0.29, 0.717) is 0 Å². The Bertz CT molecular complexity index is 492. The maximum absolute atomic E-state index is 2.50.